The SMILES string of the molecule is Cl.NC(C=Cc1ccccc1)=NCc1cccc(I)c1.NCc1cccc(I)c1. The number of hydrogen-bond donors (Lipinski definition) is 2. The molecule has 0 atom stereocenters. The van der Waals surface area contributed by atoms with Gasteiger partial charge in [-0.2, -0.15) is 0 Å². The van der Waals surface area contributed by atoms with E-state index in [4.69, 9.17) is 11.5 Å². The van der Waals surface area contributed by atoms with Crippen molar-refractivity contribution in [3.8, 4) is 0 Å². The minimum Gasteiger partial charge on any atom is -0.384 e. The molecule has 0 spiro atoms. The van der Waals surface area contributed by atoms with Crippen LogP contribution in [0.25, 0.3) is 6.08 Å². The molecule has 0 fully saturated rings. The largest absolute Gasteiger partial charge is 0.384 e. The third-order valence-electron chi connectivity index (χ3n) is 3.70. The number of benzene rings is 3. The van der Waals surface area contributed by atoms with Gasteiger partial charge in [0.25, 0.3) is 0 Å². The van der Waals surface area contributed by atoms with E-state index in [1.165, 1.54) is 18.3 Å². The van der Waals surface area contributed by atoms with Crippen molar-refractivity contribution in [3.63, 3.8) is 0 Å². The van der Waals surface area contributed by atoms with E-state index in [1.807, 2.05) is 60.7 Å². The molecule has 3 aromatic rings. The van der Waals surface area contributed by atoms with Crippen LogP contribution in [0.2, 0.25) is 0 Å². The Morgan fingerprint density at radius 1 is 0.828 bits per heavy atom. The van der Waals surface area contributed by atoms with Crippen molar-refractivity contribution in [2.45, 2.75) is 13.1 Å². The molecule has 0 aromatic heterocycles. The van der Waals surface area contributed by atoms with Crippen molar-refractivity contribution in [2.24, 2.45) is 16.5 Å². The van der Waals surface area contributed by atoms with Crippen LogP contribution in [-0.2, 0) is 13.1 Å². The zero-order valence-corrected chi connectivity index (χ0v) is 21.0. The van der Waals surface area contributed by atoms with Crippen LogP contribution < -0.4 is 11.5 Å². The standard InChI is InChI=1S/C16H15IN2.C7H8IN.ClH/c17-15-8-4-7-14(11-15)12-19-16(18)10-9-13-5-2-1-3-6-13;8-7-3-1-2-6(4-7)5-9;/h1-11H,12H2,(H2,18,19);1-4H,5,9H2;1H. The maximum atomic E-state index is 5.87. The molecule has 0 amide bonds. The number of nitrogens with two attached hydrogens (primary N) is 2. The molecule has 0 bridgehead atoms. The number of halogens is 3. The van der Waals surface area contributed by atoms with Gasteiger partial charge in [-0.3, -0.25) is 4.99 Å². The zero-order valence-electron chi connectivity index (χ0n) is 15.8. The molecule has 4 N–H and O–H groups in total. The molecule has 29 heavy (non-hydrogen) atoms. The molecule has 152 valence electrons. The number of hydrogen-bond acceptors (Lipinski definition) is 2. The molecule has 3 aromatic carbocycles. The van der Waals surface area contributed by atoms with Gasteiger partial charge in [0, 0.05) is 13.7 Å². The molecular formula is C23H24ClI2N3. The van der Waals surface area contributed by atoms with Gasteiger partial charge in [-0.15, -0.1) is 12.4 Å². The second-order valence-corrected chi connectivity index (χ2v) is 8.44. The summed E-state index contributed by atoms with van der Waals surface area (Å²) < 4.78 is 2.46. The Balaban J connectivity index is 0.000000355. The first-order chi connectivity index (χ1) is 13.6. The molecule has 0 saturated carbocycles. The lowest BCUT2D eigenvalue weighted by Gasteiger charge is -1.98. The molecule has 0 aliphatic rings. The molecule has 0 aliphatic heterocycles. The fourth-order valence-electron chi connectivity index (χ4n) is 2.28. The minimum atomic E-state index is 0. The van der Waals surface area contributed by atoms with Crippen LogP contribution in [-0.4, -0.2) is 5.84 Å². The Kier molecular flexibility index (Phi) is 12.8. The highest BCUT2D eigenvalue weighted by Crippen LogP contribution is 2.09. The Labute approximate surface area is 206 Å². The number of amidine groups is 1. The topological polar surface area (TPSA) is 64.4 Å². The fourth-order valence-corrected chi connectivity index (χ4v) is 3.50. The predicted octanol–water partition coefficient (Wildman–Crippen LogP) is 6.03. The summed E-state index contributed by atoms with van der Waals surface area (Å²) in [5, 5.41) is 0. The first kappa shape index (κ1) is 25.6. The van der Waals surface area contributed by atoms with Crippen molar-refractivity contribution < 1.29 is 0 Å². The van der Waals surface area contributed by atoms with Gasteiger partial charge < -0.3 is 11.5 Å². The summed E-state index contributed by atoms with van der Waals surface area (Å²) >= 11 is 4.57. The second kappa shape index (κ2) is 14.5. The van der Waals surface area contributed by atoms with Crippen LogP contribution in [0.4, 0.5) is 0 Å². The van der Waals surface area contributed by atoms with Gasteiger partial charge in [0.2, 0.25) is 0 Å². The molecule has 0 unspecified atom stereocenters. The Morgan fingerprint density at radius 3 is 1.97 bits per heavy atom. The van der Waals surface area contributed by atoms with Gasteiger partial charge in [-0.05, 0) is 92.2 Å². The van der Waals surface area contributed by atoms with Gasteiger partial charge in [0.15, 0.2) is 0 Å². The van der Waals surface area contributed by atoms with E-state index in [9.17, 15) is 0 Å². The highest BCUT2D eigenvalue weighted by molar-refractivity contribution is 14.1. The summed E-state index contributed by atoms with van der Waals surface area (Å²) in [6.07, 6.45) is 3.80. The second-order valence-electron chi connectivity index (χ2n) is 5.95. The smallest absolute Gasteiger partial charge is 0.118 e. The quantitative estimate of drug-likeness (QED) is 0.205. The first-order valence-electron chi connectivity index (χ1n) is 8.79. The molecule has 0 saturated heterocycles. The van der Waals surface area contributed by atoms with Gasteiger partial charge in [-0.1, -0.05) is 60.7 Å². The molecule has 0 heterocycles. The average molecular weight is 632 g/mol. The molecule has 0 aliphatic carbocycles. The van der Waals surface area contributed by atoms with Gasteiger partial charge in [0.1, 0.15) is 5.84 Å². The minimum absolute atomic E-state index is 0. The van der Waals surface area contributed by atoms with Crippen molar-refractivity contribution in [1.82, 2.24) is 0 Å². The average Bonchev–Trinajstić information content (AvgIpc) is 2.72. The van der Waals surface area contributed by atoms with E-state index in [0.717, 1.165) is 5.56 Å². The Morgan fingerprint density at radius 2 is 1.41 bits per heavy atom. The number of aliphatic imine (C=N–C) groups is 1. The summed E-state index contributed by atoms with van der Waals surface area (Å²) in [7, 11) is 0. The van der Waals surface area contributed by atoms with Crippen LogP contribution in [0.15, 0.2) is 89.9 Å². The maximum absolute atomic E-state index is 5.87. The first-order valence-corrected chi connectivity index (χ1v) is 10.9. The van der Waals surface area contributed by atoms with Crippen molar-refractivity contribution in [2.75, 3.05) is 0 Å². The van der Waals surface area contributed by atoms with Crippen molar-refractivity contribution in [1.29, 1.82) is 0 Å². The summed E-state index contributed by atoms with van der Waals surface area (Å²) in [5.74, 6) is 0.544. The van der Waals surface area contributed by atoms with Crippen LogP contribution in [0, 0.1) is 7.14 Å². The van der Waals surface area contributed by atoms with Crippen LogP contribution in [0.1, 0.15) is 16.7 Å². The lowest BCUT2D eigenvalue weighted by Crippen LogP contribution is -2.07. The Hall–Kier alpha value is -1.42. The Bertz CT molecular complexity index is 928. The van der Waals surface area contributed by atoms with E-state index in [-0.39, 0.29) is 12.4 Å². The van der Waals surface area contributed by atoms with Crippen molar-refractivity contribution in [3.05, 3.63) is 109 Å². The lowest BCUT2D eigenvalue weighted by atomic mass is 10.2. The summed E-state index contributed by atoms with van der Waals surface area (Å²) in [4.78, 5) is 4.35. The van der Waals surface area contributed by atoms with Crippen molar-refractivity contribution >= 4 is 69.5 Å². The molecule has 6 heteroatoms. The molecular weight excluding hydrogens is 608 g/mol. The fraction of sp³-hybridized carbons (Fsp3) is 0.0870. The third-order valence-corrected chi connectivity index (χ3v) is 5.05. The van der Waals surface area contributed by atoms with E-state index >= 15 is 0 Å². The monoisotopic (exact) mass is 631 g/mol. The number of rotatable bonds is 5. The number of nitrogens with zero attached hydrogens (tertiary/aromatic N) is 1. The lowest BCUT2D eigenvalue weighted by molar-refractivity contribution is 1.06. The summed E-state index contributed by atoms with van der Waals surface area (Å²) in [6.45, 7) is 1.25. The highest BCUT2D eigenvalue weighted by Gasteiger charge is 1.93. The summed E-state index contributed by atoms with van der Waals surface area (Å²) in [6, 6.07) is 26.5. The molecule has 3 nitrogen and oxygen atoms in total. The van der Waals surface area contributed by atoms with Crippen LogP contribution in [0.5, 0.6) is 0 Å². The maximum Gasteiger partial charge on any atom is 0.118 e. The summed E-state index contributed by atoms with van der Waals surface area (Å²) in [5.41, 5.74) is 14.8. The van der Waals surface area contributed by atoms with Gasteiger partial charge >= 0.3 is 0 Å². The van der Waals surface area contributed by atoms with Crippen LogP contribution in [0.3, 0.4) is 0 Å². The molecule has 0 radical (unpaired) electrons. The van der Waals surface area contributed by atoms with Gasteiger partial charge in [0.05, 0.1) is 6.54 Å². The normalized spacial score (nSPS) is 10.8. The zero-order chi connectivity index (χ0) is 20.2. The van der Waals surface area contributed by atoms with Crippen LogP contribution >= 0.6 is 57.6 Å². The van der Waals surface area contributed by atoms with E-state index in [1.54, 1.807) is 0 Å². The van der Waals surface area contributed by atoms with E-state index in [2.05, 4.69) is 80.5 Å². The van der Waals surface area contributed by atoms with E-state index < -0.39 is 0 Å². The third kappa shape index (κ3) is 10.8. The van der Waals surface area contributed by atoms with Gasteiger partial charge in [-0.25, -0.2) is 0 Å². The highest BCUT2D eigenvalue weighted by atomic mass is 127. The molecule has 3 rings (SSSR count). The van der Waals surface area contributed by atoms with E-state index in [0.29, 0.717) is 18.9 Å². The predicted molar refractivity (Wildman–Crippen MR) is 144 cm³/mol.